The minimum absolute atomic E-state index is 0.221. The van der Waals surface area contributed by atoms with Crippen LogP contribution in [0.3, 0.4) is 0 Å². The third-order valence-electron chi connectivity index (χ3n) is 4.34. The Morgan fingerprint density at radius 2 is 2.00 bits per heavy atom. The van der Waals surface area contributed by atoms with Crippen LogP contribution in [0.1, 0.15) is 35.1 Å². The van der Waals surface area contributed by atoms with Crippen LogP contribution in [0.15, 0.2) is 59.1 Å². The fourth-order valence-corrected chi connectivity index (χ4v) is 3.13. The average molecular weight is 337 g/mol. The Hall–Kier alpha value is -3.02. The number of rotatable bonds is 3. The first-order chi connectivity index (χ1) is 12.2. The highest BCUT2D eigenvalue weighted by molar-refractivity contribution is 5.94. The van der Waals surface area contributed by atoms with Crippen LogP contribution in [0, 0.1) is 5.82 Å². The lowest BCUT2D eigenvalue weighted by Gasteiger charge is -2.21. The zero-order chi connectivity index (χ0) is 17.2. The van der Waals surface area contributed by atoms with Crippen LogP contribution in [-0.2, 0) is 0 Å². The lowest BCUT2D eigenvalue weighted by Crippen LogP contribution is -2.30. The van der Waals surface area contributed by atoms with Crippen molar-refractivity contribution >= 4 is 5.91 Å². The number of hydrogen-bond donors (Lipinski definition) is 0. The van der Waals surface area contributed by atoms with E-state index < -0.39 is 5.82 Å². The predicted octanol–water partition coefficient (Wildman–Crippen LogP) is 3.85. The Bertz CT molecular complexity index is 894. The topological polar surface area (TPSA) is 59.2 Å². The second-order valence-electron chi connectivity index (χ2n) is 5.99. The Morgan fingerprint density at radius 3 is 2.80 bits per heavy atom. The molecule has 4 rings (SSSR count). The molecule has 0 bridgehead atoms. The molecule has 1 aliphatic rings. The van der Waals surface area contributed by atoms with Gasteiger partial charge in [0.25, 0.3) is 5.91 Å². The summed E-state index contributed by atoms with van der Waals surface area (Å²) >= 11 is 0. The van der Waals surface area contributed by atoms with Gasteiger partial charge in [0, 0.05) is 17.7 Å². The van der Waals surface area contributed by atoms with E-state index in [4.69, 9.17) is 4.52 Å². The Balaban J connectivity index is 1.60. The second kappa shape index (κ2) is 6.47. The van der Waals surface area contributed by atoms with Crippen molar-refractivity contribution in [2.75, 3.05) is 6.54 Å². The first kappa shape index (κ1) is 15.5. The molecule has 1 fully saturated rings. The van der Waals surface area contributed by atoms with E-state index in [9.17, 15) is 9.18 Å². The van der Waals surface area contributed by atoms with Gasteiger partial charge in [-0.25, -0.2) is 4.39 Å². The maximum absolute atomic E-state index is 13.4. The van der Waals surface area contributed by atoms with Gasteiger partial charge in [-0.05, 0) is 31.0 Å². The summed E-state index contributed by atoms with van der Waals surface area (Å²) < 4.78 is 18.8. The van der Waals surface area contributed by atoms with Gasteiger partial charge in [0.05, 0.1) is 0 Å². The van der Waals surface area contributed by atoms with E-state index in [2.05, 4.69) is 10.1 Å². The lowest BCUT2D eigenvalue weighted by atomic mass is 10.1. The highest BCUT2D eigenvalue weighted by Gasteiger charge is 2.34. The second-order valence-corrected chi connectivity index (χ2v) is 5.99. The van der Waals surface area contributed by atoms with Crippen LogP contribution >= 0.6 is 0 Å². The van der Waals surface area contributed by atoms with Crippen LogP contribution in [0.5, 0.6) is 0 Å². The molecule has 0 radical (unpaired) electrons. The molecule has 0 saturated carbocycles. The molecule has 126 valence electrons. The van der Waals surface area contributed by atoms with E-state index in [1.54, 1.807) is 11.0 Å². The van der Waals surface area contributed by atoms with E-state index >= 15 is 0 Å². The summed E-state index contributed by atoms with van der Waals surface area (Å²) in [4.78, 5) is 18.9. The predicted molar refractivity (Wildman–Crippen MR) is 89.1 cm³/mol. The van der Waals surface area contributed by atoms with Crippen LogP contribution < -0.4 is 0 Å². The fourth-order valence-electron chi connectivity index (χ4n) is 3.13. The molecule has 3 aromatic rings. The van der Waals surface area contributed by atoms with Gasteiger partial charge < -0.3 is 9.42 Å². The smallest absolute Gasteiger partial charge is 0.254 e. The number of hydrogen-bond acceptors (Lipinski definition) is 4. The van der Waals surface area contributed by atoms with Crippen molar-refractivity contribution in [2.45, 2.75) is 18.9 Å². The molecule has 0 unspecified atom stereocenters. The van der Waals surface area contributed by atoms with Crippen LogP contribution in [0.4, 0.5) is 4.39 Å². The third kappa shape index (κ3) is 3.03. The zero-order valence-corrected chi connectivity index (χ0v) is 13.4. The summed E-state index contributed by atoms with van der Waals surface area (Å²) in [6.45, 7) is 0.586. The van der Waals surface area contributed by atoms with E-state index in [1.165, 1.54) is 18.2 Å². The van der Waals surface area contributed by atoms with E-state index in [1.807, 2.05) is 30.3 Å². The highest BCUT2D eigenvalue weighted by Crippen LogP contribution is 2.33. The SMILES string of the molecule is O=C(c1cccc(F)c1)N1CCC[C@H]1c1nc(-c2ccccc2)no1. The molecule has 0 spiro atoms. The van der Waals surface area contributed by atoms with Crippen LogP contribution in [0.25, 0.3) is 11.4 Å². The average Bonchev–Trinajstić information content (AvgIpc) is 3.31. The minimum Gasteiger partial charge on any atom is -0.337 e. The number of halogens is 1. The van der Waals surface area contributed by atoms with Gasteiger partial charge in [-0.2, -0.15) is 4.98 Å². The number of nitrogens with zero attached hydrogens (tertiary/aromatic N) is 3. The molecule has 1 saturated heterocycles. The molecule has 25 heavy (non-hydrogen) atoms. The molecule has 2 aromatic carbocycles. The number of aromatic nitrogens is 2. The summed E-state index contributed by atoms with van der Waals surface area (Å²) in [7, 11) is 0. The molecule has 5 nitrogen and oxygen atoms in total. The zero-order valence-electron chi connectivity index (χ0n) is 13.4. The monoisotopic (exact) mass is 337 g/mol. The van der Waals surface area contributed by atoms with Crippen molar-refractivity contribution in [3.8, 4) is 11.4 Å². The summed E-state index contributed by atoms with van der Waals surface area (Å²) in [5.74, 6) is 0.272. The van der Waals surface area contributed by atoms with Crippen molar-refractivity contribution in [1.82, 2.24) is 15.0 Å². The molecule has 1 aromatic heterocycles. The van der Waals surface area contributed by atoms with Crippen molar-refractivity contribution in [3.05, 3.63) is 71.9 Å². The maximum atomic E-state index is 13.4. The van der Waals surface area contributed by atoms with Gasteiger partial charge >= 0.3 is 0 Å². The Morgan fingerprint density at radius 1 is 1.16 bits per heavy atom. The molecule has 2 heterocycles. The summed E-state index contributed by atoms with van der Waals surface area (Å²) in [6.07, 6.45) is 1.59. The number of carbonyl (C=O) groups is 1. The van der Waals surface area contributed by atoms with E-state index in [0.29, 0.717) is 23.8 Å². The molecule has 0 N–H and O–H groups in total. The minimum atomic E-state index is -0.425. The number of amides is 1. The van der Waals surface area contributed by atoms with E-state index in [-0.39, 0.29) is 11.9 Å². The summed E-state index contributed by atoms with van der Waals surface area (Å²) in [5.41, 5.74) is 1.19. The molecule has 1 amide bonds. The molecule has 1 aliphatic heterocycles. The molecular weight excluding hydrogens is 321 g/mol. The number of carbonyl (C=O) groups excluding carboxylic acids is 1. The van der Waals surface area contributed by atoms with E-state index in [0.717, 1.165) is 18.4 Å². The van der Waals surface area contributed by atoms with Crippen molar-refractivity contribution in [3.63, 3.8) is 0 Å². The molecule has 0 aliphatic carbocycles. The lowest BCUT2D eigenvalue weighted by molar-refractivity contribution is 0.0709. The van der Waals surface area contributed by atoms with Gasteiger partial charge in [0.2, 0.25) is 11.7 Å². The van der Waals surface area contributed by atoms with Crippen molar-refractivity contribution in [1.29, 1.82) is 0 Å². The van der Waals surface area contributed by atoms with Gasteiger partial charge in [-0.3, -0.25) is 4.79 Å². The van der Waals surface area contributed by atoms with Crippen molar-refractivity contribution < 1.29 is 13.7 Å². The van der Waals surface area contributed by atoms with Gasteiger partial charge in [-0.1, -0.05) is 41.6 Å². The summed E-state index contributed by atoms with van der Waals surface area (Å²) in [6, 6.07) is 15.0. The molecule has 1 atom stereocenters. The first-order valence-electron chi connectivity index (χ1n) is 8.18. The number of benzene rings is 2. The fraction of sp³-hybridized carbons (Fsp3) is 0.211. The highest BCUT2D eigenvalue weighted by atomic mass is 19.1. The first-order valence-corrected chi connectivity index (χ1v) is 8.18. The normalized spacial score (nSPS) is 17.0. The van der Waals surface area contributed by atoms with Gasteiger partial charge in [-0.15, -0.1) is 0 Å². The largest absolute Gasteiger partial charge is 0.337 e. The number of likely N-dealkylation sites (tertiary alicyclic amines) is 1. The maximum Gasteiger partial charge on any atom is 0.254 e. The Labute approximate surface area is 144 Å². The summed E-state index contributed by atoms with van der Waals surface area (Å²) in [5, 5.41) is 4.03. The molecule has 6 heteroatoms. The quantitative estimate of drug-likeness (QED) is 0.728. The van der Waals surface area contributed by atoms with Crippen LogP contribution in [-0.4, -0.2) is 27.5 Å². The van der Waals surface area contributed by atoms with Crippen LogP contribution in [0.2, 0.25) is 0 Å². The van der Waals surface area contributed by atoms with Gasteiger partial charge in [0.1, 0.15) is 11.9 Å². The standard InChI is InChI=1S/C19H16FN3O2/c20-15-9-4-8-14(12-15)19(24)23-11-5-10-16(23)18-21-17(22-25-18)13-6-2-1-3-7-13/h1-4,6-9,12,16H,5,10-11H2/t16-/m0/s1. The van der Waals surface area contributed by atoms with Gasteiger partial charge in [0.15, 0.2) is 0 Å². The molecular formula is C19H16FN3O2. The Kier molecular flexibility index (Phi) is 4.01. The van der Waals surface area contributed by atoms with Crippen molar-refractivity contribution in [2.24, 2.45) is 0 Å². The third-order valence-corrected chi connectivity index (χ3v) is 4.34.